The minimum Gasteiger partial charge on any atom is -0.497 e. The van der Waals surface area contributed by atoms with Gasteiger partial charge in [0.25, 0.3) is 0 Å². The summed E-state index contributed by atoms with van der Waals surface area (Å²) in [6.45, 7) is 4.69. The van der Waals surface area contributed by atoms with Crippen LogP contribution in [0.5, 0.6) is 5.75 Å². The maximum atomic E-state index is 13.7. The first-order valence-corrected chi connectivity index (χ1v) is 9.59. The Kier molecular flexibility index (Phi) is 5.39. The molecule has 0 N–H and O–H groups in total. The second-order valence-corrected chi connectivity index (χ2v) is 7.24. The summed E-state index contributed by atoms with van der Waals surface area (Å²) in [5, 5.41) is 3.99. The standard InChI is InChI=1S/C22H24FN3O2/c1-15-5-6-17(13-20(15)23)22-24-21(28-25-22)4-3-10-26-11-9-16-7-8-19(27-2)12-18(16)14-26/h5-8,12-13H,3-4,9-11,14H2,1-2H3. The number of fused-ring (bicyclic) bond motifs is 1. The molecular weight excluding hydrogens is 357 g/mol. The smallest absolute Gasteiger partial charge is 0.227 e. The van der Waals surface area contributed by atoms with E-state index in [0.29, 0.717) is 29.3 Å². The molecule has 5 nitrogen and oxygen atoms in total. The molecule has 0 saturated heterocycles. The maximum absolute atomic E-state index is 13.7. The first-order valence-electron chi connectivity index (χ1n) is 9.59. The van der Waals surface area contributed by atoms with Gasteiger partial charge in [-0.3, -0.25) is 4.90 Å². The van der Waals surface area contributed by atoms with E-state index in [1.54, 1.807) is 20.1 Å². The molecule has 2 aromatic carbocycles. The van der Waals surface area contributed by atoms with Crippen molar-refractivity contribution >= 4 is 0 Å². The lowest BCUT2D eigenvalue weighted by Crippen LogP contribution is -2.31. The Labute approximate surface area is 164 Å². The van der Waals surface area contributed by atoms with Crippen LogP contribution in [0.1, 0.15) is 29.0 Å². The molecule has 4 rings (SSSR count). The van der Waals surface area contributed by atoms with Gasteiger partial charge >= 0.3 is 0 Å². The van der Waals surface area contributed by atoms with E-state index in [9.17, 15) is 4.39 Å². The predicted molar refractivity (Wildman–Crippen MR) is 105 cm³/mol. The summed E-state index contributed by atoms with van der Waals surface area (Å²) in [6, 6.07) is 11.3. The number of hydrogen-bond donors (Lipinski definition) is 0. The third-order valence-electron chi connectivity index (χ3n) is 5.27. The second kappa shape index (κ2) is 8.10. The molecule has 0 unspecified atom stereocenters. The summed E-state index contributed by atoms with van der Waals surface area (Å²) >= 11 is 0. The van der Waals surface area contributed by atoms with Crippen molar-refractivity contribution in [3.05, 3.63) is 64.8 Å². The summed E-state index contributed by atoms with van der Waals surface area (Å²) in [6.07, 6.45) is 2.70. The van der Waals surface area contributed by atoms with Gasteiger partial charge in [-0.15, -0.1) is 0 Å². The van der Waals surface area contributed by atoms with Crippen molar-refractivity contribution in [2.75, 3.05) is 20.2 Å². The Bertz CT molecular complexity index is 970. The van der Waals surface area contributed by atoms with Crippen LogP contribution in [0.2, 0.25) is 0 Å². The number of rotatable bonds is 6. The van der Waals surface area contributed by atoms with Crippen molar-refractivity contribution in [1.29, 1.82) is 0 Å². The maximum Gasteiger partial charge on any atom is 0.227 e. The van der Waals surface area contributed by atoms with Crippen LogP contribution in [0, 0.1) is 12.7 Å². The van der Waals surface area contributed by atoms with Crippen LogP contribution in [0.4, 0.5) is 4.39 Å². The van der Waals surface area contributed by atoms with Gasteiger partial charge < -0.3 is 9.26 Å². The Morgan fingerprint density at radius 1 is 1.18 bits per heavy atom. The lowest BCUT2D eigenvalue weighted by molar-refractivity contribution is 0.246. The van der Waals surface area contributed by atoms with Crippen LogP contribution in [0.3, 0.4) is 0 Å². The zero-order chi connectivity index (χ0) is 19.5. The molecule has 1 aliphatic rings. The highest BCUT2D eigenvalue weighted by Gasteiger charge is 2.17. The average molecular weight is 381 g/mol. The van der Waals surface area contributed by atoms with Gasteiger partial charge in [-0.1, -0.05) is 23.4 Å². The summed E-state index contributed by atoms with van der Waals surface area (Å²) < 4.78 is 24.4. The molecule has 0 radical (unpaired) electrons. The highest BCUT2D eigenvalue weighted by molar-refractivity contribution is 5.54. The molecular formula is C22H24FN3O2. The van der Waals surface area contributed by atoms with E-state index in [4.69, 9.17) is 9.26 Å². The lowest BCUT2D eigenvalue weighted by Gasteiger charge is -2.28. The molecule has 0 atom stereocenters. The zero-order valence-electron chi connectivity index (χ0n) is 16.2. The van der Waals surface area contributed by atoms with Crippen molar-refractivity contribution in [3.63, 3.8) is 0 Å². The highest BCUT2D eigenvalue weighted by atomic mass is 19.1. The van der Waals surface area contributed by atoms with Gasteiger partial charge in [-0.2, -0.15) is 4.98 Å². The van der Waals surface area contributed by atoms with E-state index in [2.05, 4.69) is 27.2 Å². The van der Waals surface area contributed by atoms with Gasteiger partial charge in [0.15, 0.2) is 0 Å². The summed E-state index contributed by atoms with van der Waals surface area (Å²) in [4.78, 5) is 6.85. The number of ether oxygens (including phenoxy) is 1. The van der Waals surface area contributed by atoms with E-state index in [-0.39, 0.29) is 5.82 Å². The van der Waals surface area contributed by atoms with Gasteiger partial charge in [0.2, 0.25) is 11.7 Å². The normalized spacial score (nSPS) is 14.1. The summed E-state index contributed by atoms with van der Waals surface area (Å²) in [5.41, 5.74) is 3.99. The molecule has 6 heteroatoms. The van der Waals surface area contributed by atoms with E-state index >= 15 is 0 Å². The van der Waals surface area contributed by atoms with Crippen LogP contribution < -0.4 is 4.74 Å². The molecule has 2 heterocycles. The first kappa shape index (κ1) is 18.6. The van der Waals surface area contributed by atoms with E-state index in [1.165, 1.54) is 17.2 Å². The van der Waals surface area contributed by atoms with Crippen LogP contribution in [-0.2, 0) is 19.4 Å². The van der Waals surface area contributed by atoms with Crippen LogP contribution in [-0.4, -0.2) is 35.2 Å². The zero-order valence-corrected chi connectivity index (χ0v) is 16.2. The van der Waals surface area contributed by atoms with Crippen molar-refractivity contribution in [3.8, 4) is 17.1 Å². The molecule has 1 aromatic heterocycles. The number of methoxy groups -OCH3 is 1. The molecule has 3 aromatic rings. The van der Waals surface area contributed by atoms with Gasteiger partial charge in [0, 0.05) is 25.1 Å². The molecule has 0 bridgehead atoms. The summed E-state index contributed by atoms with van der Waals surface area (Å²) in [5.74, 6) is 1.68. The first-order chi connectivity index (χ1) is 13.6. The highest BCUT2D eigenvalue weighted by Crippen LogP contribution is 2.24. The van der Waals surface area contributed by atoms with E-state index in [1.807, 2.05) is 12.1 Å². The molecule has 1 aliphatic heterocycles. The third kappa shape index (κ3) is 4.07. The molecule has 146 valence electrons. The minimum atomic E-state index is -0.258. The van der Waals surface area contributed by atoms with Crippen molar-refractivity contribution in [1.82, 2.24) is 15.0 Å². The van der Waals surface area contributed by atoms with Gasteiger partial charge in [0.05, 0.1) is 7.11 Å². The Morgan fingerprint density at radius 2 is 2.07 bits per heavy atom. The van der Waals surface area contributed by atoms with E-state index in [0.717, 1.165) is 38.2 Å². The quantitative estimate of drug-likeness (QED) is 0.641. The van der Waals surface area contributed by atoms with Crippen LogP contribution >= 0.6 is 0 Å². The number of nitrogens with zero attached hydrogens (tertiary/aromatic N) is 3. The monoisotopic (exact) mass is 381 g/mol. The molecule has 0 aliphatic carbocycles. The van der Waals surface area contributed by atoms with Crippen molar-refractivity contribution in [2.45, 2.75) is 32.7 Å². The third-order valence-corrected chi connectivity index (χ3v) is 5.27. The molecule has 0 fully saturated rings. The fourth-order valence-corrected chi connectivity index (χ4v) is 3.57. The molecule has 0 saturated carbocycles. The Morgan fingerprint density at radius 3 is 2.89 bits per heavy atom. The van der Waals surface area contributed by atoms with Crippen LogP contribution in [0.25, 0.3) is 11.4 Å². The number of hydrogen-bond acceptors (Lipinski definition) is 5. The topological polar surface area (TPSA) is 51.4 Å². The number of aryl methyl sites for hydroxylation is 2. The van der Waals surface area contributed by atoms with Crippen molar-refractivity contribution < 1.29 is 13.7 Å². The molecule has 0 spiro atoms. The van der Waals surface area contributed by atoms with E-state index < -0.39 is 0 Å². The molecule has 28 heavy (non-hydrogen) atoms. The second-order valence-electron chi connectivity index (χ2n) is 7.24. The SMILES string of the molecule is COc1ccc2c(c1)CN(CCCc1nc(-c3ccc(C)c(F)c3)no1)CC2. The predicted octanol–water partition coefficient (Wildman–Crippen LogP) is 4.18. The average Bonchev–Trinajstić information content (AvgIpc) is 3.18. The van der Waals surface area contributed by atoms with Crippen LogP contribution in [0.15, 0.2) is 40.9 Å². The largest absolute Gasteiger partial charge is 0.497 e. The van der Waals surface area contributed by atoms with Crippen molar-refractivity contribution in [2.24, 2.45) is 0 Å². The minimum absolute atomic E-state index is 0.258. The van der Waals surface area contributed by atoms with Gasteiger partial charge in [0.1, 0.15) is 11.6 Å². The number of halogens is 1. The summed E-state index contributed by atoms with van der Waals surface area (Å²) in [7, 11) is 1.70. The fraction of sp³-hybridized carbons (Fsp3) is 0.364. The number of aromatic nitrogens is 2. The number of benzene rings is 2. The fourth-order valence-electron chi connectivity index (χ4n) is 3.57. The Balaban J connectivity index is 1.32. The van der Waals surface area contributed by atoms with Gasteiger partial charge in [-0.05, 0) is 61.2 Å². The lowest BCUT2D eigenvalue weighted by atomic mass is 9.99. The Hall–Kier alpha value is -2.73. The van der Waals surface area contributed by atoms with Gasteiger partial charge in [-0.25, -0.2) is 4.39 Å². The molecule has 0 amide bonds.